The van der Waals surface area contributed by atoms with Crippen LogP contribution in [0, 0.1) is 0 Å². The van der Waals surface area contributed by atoms with Gasteiger partial charge >= 0.3 is 0 Å². The molecule has 0 atom stereocenters. The standard InChI is InChI=1S/C20H12ClNO3/c21-16-8-4-7-15-18(23)14-10-9-13(11-17(14)25-19(15)16)22-20(24)12-5-2-1-3-6-12/h1-11H,(H,22,24). The molecule has 0 fully saturated rings. The summed E-state index contributed by atoms with van der Waals surface area (Å²) in [6.45, 7) is 0. The van der Waals surface area contributed by atoms with Crippen molar-refractivity contribution >= 4 is 45.1 Å². The highest BCUT2D eigenvalue weighted by molar-refractivity contribution is 6.34. The molecule has 1 heterocycles. The zero-order valence-corrected chi connectivity index (χ0v) is 13.7. The van der Waals surface area contributed by atoms with E-state index in [9.17, 15) is 9.59 Å². The van der Waals surface area contributed by atoms with Gasteiger partial charge in [0.1, 0.15) is 5.58 Å². The Morgan fingerprint density at radius 3 is 2.52 bits per heavy atom. The van der Waals surface area contributed by atoms with Crippen LogP contribution in [0.2, 0.25) is 5.02 Å². The zero-order chi connectivity index (χ0) is 17.4. The molecule has 0 aliphatic rings. The molecule has 1 N–H and O–H groups in total. The molecule has 0 bridgehead atoms. The summed E-state index contributed by atoms with van der Waals surface area (Å²) < 4.78 is 5.80. The number of para-hydroxylation sites is 1. The molecule has 1 amide bonds. The Labute approximate surface area is 147 Å². The zero-order valence-electron chi connectivity index (χ0n) is 13.0. The van der Waals surface area contributed by atoms with Crippen LogP contribution in [0.5, 0.6) is 0 Å². The fourth-order valence-corrected chi connectivity index (χ4v) is 2.92. The van der Waals surface area contributed by atoms with E-state index in [0.717, 1.165) is 0 Å². The number of fused-ring (bicyclic) bond motifs is 2. The smallest absolute Gasteiger partial charge is 0.255 e. The highest BCUT2D eigenvalue weighted by Crippen LogP contribution is 2.26. The van der Waals surface area contributed by atoms with E-state index in [-0.39, 0.29) is 11.3 Å². The van der Waals surface area contributed by atoms with Crippen molar-refractivity contribution in [1.82, 2.24) is 0 Å². The first-order valence-electron chi connectivity index (χ1n) is 7.65. The number of benzene rings is 3. The maximum atomic E-state index is 12.6. The summed E-state index contributed by atoms with van der Waals surface area (Å²) >= 11 is 6.13. The Balaban J connectivity index is 1.80. The van der Waals surface area contributed by atoms with Gasteiger partial charge in [0.2, 0.25) is 5.43 Å². The first kappa shape index (κ1) is 15.4. The number of hydrogen-bond acceptors (Lipinski definition) is 3. The first-order chi connectivity index (χ1) is 12.1. The lowest BCUT2D eigenvalue weighted by atomic mass is 10.1. The summed E-state index contributed by atoms with van der Waals surface area (Å²) in [6, 6.07) is 18.9. The van der Waals surface area contributed by atoms with Gasteiger partial charge in [-0.15, -0.1) is 0 Å². The summed E-state index contributed by atoms with van der Waals surface area (Å²) in [5, 5.41) is 4.04. The van der Waals surface area contributed by atoms with Crippen molar-refractivity contribution < 1.29 is 9.21 Å². The monoisotopic (exact) mass is 349 g/mol. The minimum absolute atomic E-state index is 0.153. The van der Waals surface area contributed by atoms with Gasteiger partial charge < -0.3 is 9.73 Å². The van der Waals surface area contributed by atoms with Crippen molar-refractivity contribution in [3.63, 3.8) is 0 Å². The lowest BCUT2D eigenvalue weighted by Crippen LogP contribution is -2.11. The van der Waals surface area contributed by atoms with E-state index in [1.54, 1.807) is 60.7 Å². The number of rotatable bonds is 2. The van der Waals surface area contributed by atoms with Gasteiger partial charge in [-0.25, -0.2) is 0 Å². The van der Waals surface area contributed by atoms with E-state index in [1.807, 2.05) is 6.07 Å². The lowest BCUT2D eigenvalue weighted by Gasteiger charge is -2.07. The highest BCUT2D eigenvalue weighted by atomic mass is 35.5. The summed E-state index contributed by atoms with van der Waals surface area (Å²) in [5.74, 6) is -0.235. The van der Waals surface area contributed by atoms with E-state index >= 15 is 0 Å². The normalized spacial score (nSPS) is 10.9. The van der Waals surface area contributed by atoms with Crippen LogP contribution in [0.15, 0.2) is 75.9 Å². The molecule has 0 aliphatic carbocycles. The topological polar surface area (TPSA) is 59.3 Å². The third-order valence-electron chi connectivity index (χ3n) is 3.94. The third-order valence-corrected chi connectivity index (χ3v) is 4.24. The maximum Gasteiger partial charge on any atom is 0.255 e. The number of nitrogens with one attached hydrogen (secondary N) is 1. The van der Waals surface area contributed by atoms with Gasteiger partial charge in [0.25, 0.3) is 5.91 Å². The number of halogens is 1. The summed E-state index contributed by atoms with van der Waals surface area (Å²) in [5.41, 5.74) is 1.64. The number of hydrogen-bond donors (Lipinski definition) is 1. The molecule has 0 saturated carbocycles. The van der Waals surface area contributed by atoms with Crippen molar-refractivity contribution in [3.8, 4) is 0 Å². The van der Waals surface area contributed by atoms with Crippen molar-refractivity contribution in [2.24, 2.45) is 0 Å². The number of carbonyl (C=O) groups excluding carboxylic acids is 1. The largest absolute Gasteiger partial charge is 0.454 e. The van der Waals surface area contributed by atoms with E-state index in [4.69, 9.17) is 16.0 Å². The molecule has 4 aromatic rings. The molecule has 5 heteroatoms. The number of amides is 1. The SMILES string of the molecule is O=C(Nc1ccc2c(=O)c3cccc(Cl)c3oc2c1)c1ccccc1. The van der Waals surface area contributed by atoms with Gasteiger partial charge in [-0.2, -0.15) is 0 Å². The molecule has 0 unspecified atom stereocenters. The number of carbonyl (C=O) groups is 1. The fourth-order valence-electron chi connectivity index (χ4n) is 2.71. The lowest BCUT2D eigenvalue weighted by molar-refractivity contribution is 0.102. The quantitative estimate of drug-likeness (QED) is 0.526. The maximum absolute atomic E-state index is 12.6. The minimum atomic E-state index is -0.235. The number of anilines is 1. The van der Waals surface area contributed by atoms with Gasteiger partial charge in [-0.1, -0.05) is 35.9 Å². The molecule has 0 saturated heterocycles. The Hall–Kier alpha value is -3.11. The first-order valence-corrected chi connectivity index (χ1v) is 8.03. The van der Waals surface area contributed by atoms with E-state index in [1.165, 1.54) is 0 Å². The van der Waals surface area contributed by atoms with Crippen LogP contribution in [0.4, 0.5) is 5.69 Å². The Bertz CT molecular complexity index is 1170. The molecule has 4 nitrogen and oxygen atoms in total. The highest BCUT2D eigenvalue weighted by Gasteiger charge is 2.12. The predicted octanol–water partition coefficient (Wildman–Crippen LogP) is 4.85. The fraction of sp³-hybridized carbons (Fsp3) is 0. The van der Waals surface area contributed by atoms with Crippen LogP contribution in [-0.4, -0.2) is 5.91 Å². The molecule has 0 radical (unpaired) electrons. The minimum Gasteiger partial charge on any atom is -0.454 e. The van der Waals surface area contributed by atoms with Crippen LogP contribution in [0.1, 0.15) is 10.4 Å². The van der Waals surface area contributed by atoms with Crippen LogP contribution in [0.3, 0.4) is 0 Å². The van der Waals surface area contributed by atoms with Crippen molar-refractivity contribution in [2.75, 3.05) is 5.32 Å². The summed E-state index contributed by atoms with van der Waals surface area (Å²) in [6.07, 6.45) is 0. The predicted molar refractivity (Wildman–Crippen MR) is 99.4 cm³/mol. The van der Waals surface area contributed by atoms with Gasteiger partial charge in [-0.3, -0.25) is 9.59 Å². The summed E-state index contributed by atoms with van der Waals surface area (Å²) in [7, 11) is 0. The average molecular weight is 350 g/mol. The van der Waals surface area contributed by atoms with Gasteiger partial charge in [0.05, 0.1) is 15.8 Å². The Morgan fingerprint density at radius 1 is 0.920 bits per heavy atom. The molecular weight excluding hydrogens is 338 g/mol. The Kier molecular flexibility index (Phi) is 3.75. The molecule has 25 heavy (non-hydrogen) atoms. The molecule has 0 aliphatic heterocycles. The molecule has 4 rings (SSSR count). The van der Waals surface area contributed by atoms with Crippen LogP contribution in [-0.2, 0) is 0 Å². The van der Waals surface area contributed by atoms with Crippen molar-refractivity contribution in [1.29, 1.82) is 0 Å². The van der Waals surface area contributed by atoms with Gasteiger partial charge in [-0.05, 0) is 36.4 Å². The molecular formula is C20H12ClNO3. The summed E-state index contributed by atoms with van der Waals surface area (Å²) in [4.78, 5) is 24.8. The van der Waals surface area contributed by atoms with Crippen LogP contribution in [0.25, 0.3) is 21.9 Å². The van der Waals surface area contributed by atoms with Gasteiger partial charge in [0.15, 0.2) is 5.58 Å². The van der Waals surface area contributed by atoms with E-state index < -0.39 is 0 Å². The molecule has 3 aromatic carbocycles. The van der Waals surface area contributed by atoms with Crippen LogP contribution < -0.4 is 10.7 Å². The average Bonchev–Trinajstić information content (AvgIpc) is 2.63. The van der Waals surface area contributed by atoms with Crippen LogP contribution >= 0.6 is 11.6 Å². The second-order valence-corrected chi connectivity index (χ2v) is 5.99. The van der Waals surface area contributed by atoms with Crippen molar-refractivity contribution in [2.45, 2.75) is 0 Å². The molecule has 122 valence electrons. The Morgan fingerprint density at radius 2 is 1.72 bits per heavy atom. The molecule has 1 aromatic heterocycles. The van der Waals surface area contributed by atoms with E-state index in [0.29, 0.717) is 38.2 Å². The second kappa shape index (κ2) is 6.07. The van der Waals surface area contributed by atoms with E-state index in [2.05, 4.69) is 5.32 Å². The second-order valence-electron chi connectivity index (χ2n) is 5.58. The van der Waals surface area contributed by atoms with Crippen molar-refractivity contribution in [3.05, 3.63) is 87.5 Å². The molecule has 0 spiro atoms. The van der Waals surface area contributed by atoms with Gasteiger partial charge in [0, 0.05) is 17.3 Å². The third kappa shape index (κ3) is 2.77.